The van der Waals surface area contributed by atoms with Crippen LogP contribution < -0.4 is 15.0 Å². The molecule has 2 aliphatic heterocycles. The molecule has 0 aliphatic carbocycles. The summed E-state index contributed by atoms with van der Waals surface area (Å²) in [6.07, 6.45) is 1.04. The second kappa shape index (κ2) is 8.85. The van der Waals surface area contributed by atoms with Gasteiger partial charge < -0.3 is 24.8 Å². The van der Waals surface area contributed by atoms with Gasteiger partial charge in [0.25, 0.3) is 5.91 Å². The molecule has 2 N–H and O–H groups in total. The lowest BCUT2D eigenvalue weighted by molar-refractivity contribution is -0.116. The summed E-state index contributed by atoms with van der Waals surface area (Å²) in [5.41, 5.74) is 2.02. The maximum Gasteiger partial charge on any atom is 0.276 e. The van der Waals surface area contributed by atoms with E-state index in [1.54, 1.807) is 12.0 Å². The molecule has 1 aromatic heterocycles. The number of rotatable bonds is 6. The highest BCUT2D eigenvalue weighted by Crippen LogP contribution is 2.28. The van der Waals surface area contributed by atoms with Crippen LogP contribution in [0.2, 0.25) is 0 Å². The first-order valence-electron chi connectivity index (χ1n) is 10.3. The Bertz CT molecular complexity index is 902. The number of anilines is 2. The van der Waals surface area contributed by atoms with Gasteiger partial charge in [-0.1, -0.05) is 0 Å². The fourth-order valence-corrected chi connectivity index (χ4v) is 3.88. The number of aromatic nitrogens is 2. The zero-order valence-corrected chi connectivity index (χ0v) is 17.5. The van der Waals surface area contributed by atoms with Gasteiger partial charge in [0, 0.05) is 56.9 Å². The van der Waals surface area contributed by atoms with Gasteiger partial charge in [-0.05, 0) is 37.7 Å². The molecule has 0 radical (unpaired) electrons. The first-order valence-corrected chi connectivity index (χ1v) is 10.3. The quantitative estimate of drug-likeness (QED) is 0.741. The van der Waals surface area contributed by atoms with Crippen LogP contribution in [-0.2, 0) is 11.2 Å². The van der Waals surface area contributed by atoms with Gasteiger partial charge in [-0.3, -0.25) is 14.7 Å². The van der Waals surface area contributed by atoms with Crippen molar-refractivity contribution in [1.29, 1.82) is 0 Å². The summed E-state index contributed by atoms with van der Waals surface area (Å²) in [6, 6.07) is 7.38. The van der Waals surface area contributed by atoms with Crippen molar-refractivity contribution < 1.29 is 14.3 Å². The number of fused-ring (bicyclic) bond motifs is 1. The number of ether oxygens (including phenoxy) is 1. The van der Waals surface area contributed by atoms with Crippen molar-refractivity contribution in [2.24, 2.45) is 0 Å². The van der Waals surface area contributed by atoms with Gasteiger partial charge in [-0.15, -0.1) is 0 Å². The Morgan fingerprint density at radius 3 is 2.60 bits per heavy atom. The number of amides is 2. The molecule has 160 valence electrons. The van der Waals surface area contributed by atoms with Crippen molar-refractivity contribution in [3.05, 3.63) is 35.5 Å². The highest BCUT2D eigenvalue weighted by atomic mass is 16.5. The number of aromatic amines is 1. The van der Waals surface area contributed by atoms with E-state index in [1.807, 2.05) is 24.3 Å². The van der Waals surface area contributed by atoms with Gasteiger partial charge in [-0.2, -0.15) is 5.10 Å². The smallest absolute Gasteiger partial charge is 0.276 e. The molecule has 30 heavy (non-hydrogen) atoms. The number of likely N-dealkylation sites (N-methyl/N-ethyl adjacent to an activating group) is 1. The average molecular weight is 412 g/mol. The Kier molecular flexibility index (Phi) is 6.01. The third-order valence-electron chi connectivity index (χ3n) is 5.80. The molecule has 9 heteroatoms. The molecule has 4 rings (SSSR count). The molecule has 1 fully saturated rings. The third-order valence-corrected chi connectivity index (χ3v) is 5.80. The maximum atomic E-state index is 12.9. The SMILES string of the molecule is COc1ccc(N2CCc3c(NC(=O)CCN4CCN(C)CC4)n[nH]c3C2=O)cc1. The van der Waals surface area contributed by atoms with Crippen molar-refractivity contribution in [3.63, 3.8) is 0 Å². The van der Waals surface area contributed by atoms with Crippen molar-refractivity contribution in [3.8, 4) is 5.75 Å². The number of carbonyl (C=O) groups is 2. The standard InChI is InChI=1S/C21H28N6O3/c1-25-11-13-26(14-12-25)9-8-18(28)22-20-17-7-10-27(21(29)19(17)23-24-20)15-3-5-16(30-2)6-4-15/h3-6H,7-14H2,1-2H3,(H2,22,23,24,28). The number of methoxy groups -OCH3 is 1. The molecule has 0 bridgehead atoms. The minimum atomic E-state index is -0.146. The Labute approximate surface area is 176 Å². The second-order valence-corrected chi connectivity index (χ2v) is 7.77. The van der Waals surface area contributed by atoms with Crippen LogP contribution >= 0.6 is 0 Å². The van der Waals surface area contributed by atoms with E-state index in [4.69, 9.17) is 4.74 Å². The Hall–Kier alpha value is -2.91. The van der Waals surface area contributed by atoms with E-state index in [9.17, 15) is 9.59 Å². The molecule has 2 aromatic rings. The molecule has 3 heterocycles. The second-order valence-electron chi connectivity index (χ2n) is 7.77. The number of piperazine rings is 1. The summed E-state index contributed by atoms with van der Waals surface area (Å²) in [4.78, 5) is 31.7. The first-order chi connectivity index (χ1) is 14.5. The predicted molar refractivity (Wildman–Crippen MR) is 114 cm³/mol. The molecular formula is C21H28N6O3. The molecule has 0 atom stereocenters. The van der Waals surface area contributed by atoms with Crippen molar-refractivity contribution in [2.75, 3.05) is 63.6 Å². The zero-order valence-electron chi connectivity index (χ0n) is 17.5. The highest BCUT2D eigenvalue weighted by molar-refractivity contribution is 6.08. The Morgan fingerprint density at radius 2 is 1.90 bits per heavy atom. The van der Waals surface area contributed by atoms with E-state index in [0.29, 0.717) is 30.9 Å². The van der Waals surface area contributed by atoms with E-state index in [-0.39, 0.29) is 11.8 Å². The summed E-state index contributed by atoms with van der Waals surface area (Å²) >= 11 is 0. The van der Waals surface area contributed by atoms with Gasteiger partial charge in [0.15, 0.2) is 5.82 Å². The topological polar surface area (TPSA) is 93.8 Å². The number of nitrogens with zero attached hydrogens (tertiary/aromatic N) is 4. The summed E-state index contributed by atoms with van der Waals surface area (Å²) < 4.78 is 5.18. The van der Waals surface area contributed by atoms with Crippen molar-refractivity contribution >= 4 is 23.3 Å². The molecule has 0 saturated carbocycles. The highest BCUT2D eigenvalue weighted by Gasteiger charge is 2.30. The fraction of sp³-hybridized carbons (Fsp3) is 0.476. The Balaban J connectivity index is 1.36. The van der Waals surface area contributed by atoms with Crippen LogP contribution in [0.3, 0.4) is 0 Å². The van der Waals surface area contributed by atoms with Crippen LogP contribution in [-0.4, -0.2) is 85.2 Å². The van der Waals surface area contributed by atoms with Crippen molar-refractivity contribution in [2.45, 2.75) is 12.8 Å². The van der Waals surface area contributed by atoms with Crippen molar-refractivity contribution in [1.82, 2.24) is 20.0 Å². The summed E-state index contributed by atoms with van der Waals surface area (Å²) in [5.74, 6) is 0.989. The number of nitrogens with one attached hydrogen (secondary N) is 2. The zero-order chi connectivity index (χ0) is 21.1. The normalized spacial score (nSPS) is 17.7. The minimum Gasteiger partial charge on any atom is -0.497 e. The van der Waals surface area contributed by atoms with E-state index in [1.165, 1.54) is 0 Å². The fourth-order valence-electron chi connectivity index (χ4n) is 3.88. The van der Waals surface area contributed by atoms with Crippen LogP contribution in [0.25, 0.3) is 0 Å². The molecule has 9 nitrogen and oxygen atoms in total. The molecular weight excluding hydrogens is 384 g/mol. The lowest BCUT2D eigenvalue weighted by Crippen LogP contribution is -2.45. The molecule has 2 aliphatic rings. The number of hydrogen-bond acceptors (Lipinski definition) is 6. The number of carbonyl (C=O) groups excluding carboxylic acids is 2. The molecule has 0 unspecified atom stereocenters. The van der Waals surface area contributed by atoms with Gasteiger partial charge in [0.05, 0.1) is 7.11 Å². The minimum absolute atomic E-state index is 0.0757. The molecule has 2 amide bonds. The van der Waals surface area contributed by atoms with E-state index < -0.39 is 0 Å². The molecule has 1 saturated heterocycles. The van der Waals surface area contributed by atoms with Crippen LogP contribution in [0.15, 0.2) is 24.3 Å². The number of benzene rings is 1. The van der Waals surface area contributed by atoms with Gasteiger partial charge in [0.1, 0.15) is 11.4 Å². The summed E-state index contributed by atoms with van der Waals surface area (Å²) in [7, 11) is 3.72. The average Bonchev–Trinajstić information content (AvgIpc) is 3.17. The van der Waals surface area contributed by atoms with Crippen LogP contribution in [0.5, 0.6) is 5.75 Å². The van der Waals surface area contributed by atoms with Crippen LogP contribution in [0, 0.1) is 0 Å². The van der Waals surface area contributed by atoms with Gasteiger partial charge >= 0.3 is 0 Å². The van der Waals surface area contributed by atoms with E-state index >= 15 is 0 Å². The molecule has 1 aromatic carbocycles. The summed E-state index contributed by atoms with van der Waals surface area (Å²) in [5, 5.41) is 9.90. The van der Waals surface area contributed by atoms with Gasteiger partial charge in [0.2, 0.25) is 5.91 Å². The Morgan fingerprint density at radius 1 is 1.17 bits per heavy atom. The molecule has 0 spiro atoms. The largest absolute Gasteiger partial charge is 0.497 e. The first kappa shape index (κ1) is 20.4. The van der Waals surface area contributed by atoms with Gasteiger partial charge in [-0.25, -0.2) is 0 Å². The van der Waals surface area contributed by atoms with E-state index in [2.05, 4.69) is 32.4 Å². The number of hydrogen-bond donors (Lipinski definition) is 2. The maximum absolute atomic E-state index is 12.9. The lowest BCUT2D eigenvalue weighted by Gasteiger charge is -2.32. The van der Waals surface area contributed by atoms with Crippen LogP contribution in [0.1, 0.15) is 22.5 Å². The lowest BCUT2D eigenvalue weighted by atomic mass is 10.1. The third kappa shape index (κ3) is 4.31. The predicted octanol–water partition coefficient (Wildman–Crippen LogP) is 1.20. The van der Waals surface area contributed by atoms with Crippen LogP contribution in [0.4, 0.5) is 11.5 Å². The number of H-pyrrole nitrogens is 1. The monoisotopic (exact) mass is 412 g/mol. The van der Waals surface area contributed by atoms with E-state index in [0.717, 1.165) is 49.7 Å². The summed E-state index contributed by atoms with van der Waals surface area (Å²) in [6.45, 7) is 5.29.